The highest BCUT2D eigenvalue weighted by molar-refractivity contribution is 5.86. The SMILES string of the molecule is CCN1CCCc2cc(N=Nc3ccc(C(=O)O)[nH]3)c(O)cc21. The van der Waals surface area contributed by atoms with E-state index in [1.165, 1.54) is 12.1 Å². The lowest BCUT2D eigenvalue weighted by Crippen LogP contribution is -2.28. The van der Waals surface area contributed by atoms with Gasteiger partial charge in [0.1, 0.15) is 17.1 Å². The molecule has 0 radical (unpaired) electrons. The fourth-order valence-electron chi connectivity index (χ4n) is 2.77. The molecule has 2 heterocycles. The number of fused-ring (bicyclic) bond motifs is 1. The van der Waals surface area contributed by atoms with Crippen LogP contribution >= 0.6 is 0 Å². The molecule has 7 heteroatoms. The molecule has 0 bridgehead atoms. The molecular formula is C16H18N4O3. The molecule has 0 spiro atoms. The molecule has 0 atom stereocenters. The average Bonchev–Trinajstić information content (AvgIpc) is 3.01. The number of carboxylic acids is 1. The van der Waals surface area contributed by atoms with E-state index in [0.29, 0.717) is 11.5 Å². The lowest BCUT2D eigenvalue weighted by Gasteiger charge is -2.30. The van der Waals surface area contributed by atoms with Gasteiger partial charge >= 0.3 is 5.97 Å². The van der Waals surface area contributed by atoms with Crippen LogP contribution in [0.4, 0.5) is 17.2 Å². The number of aromatic nitrogens is 1. The Hall–Kier alpha value is -2.83. The van der Waals surface area contributed by atoms with Crippen molar-refractivity contribution in [2.24, 2.45) is 10.2 Å². The molecule has 0 saturated heterocycles. The number of H-pyrrole nitrogens is 1. The summed E-state index contributed by atoms with van der Waals surface area (Å²) in [6.45, 7) is 3.98. The minimum Gasteiger partial charge on any atom is -0.506 e. The molecule has 2 aromatic rings. The van der Waals surface area contributed by atoms with E-state index in [2.05, 4.69) is 27.0 Å². The standard InChI is InChI=1S/C16H18N4O3/c1-2-20-7-3-4-10-8-12(14(21)9-13(10)20)18-19-15-6-5-11(17-15)16(22)23/h5-6,8-9,17,21H,2-4,7H2,1H3,(H,22,23). The maximum atomic E-state index is 10.8. The van der Waals surface area contributed by atoms with Gasteiger partial charge in [0.2, 0.25) is 0 Å². The molecule has 1 aliphatic rings. The van der Waals surface area contributed by atoms with Crippen LogP contribution in [0.1, 0.15) is 29.4 Å². The van der Waals surface area contributed by atoms with Gasteiger partial charge in [-0.2, -0.15) is 0 Å². The van der Waals surface area contributed by atoms with Crippen molar-refractivity contribution in [3.05, 3.63) is 35.5 Å². The van der Waals surface area contributed by atoms with Crippen molar-refractivity contribution in [2.45, 2.75) is 19.8 Å². The zero-order chi connectivity index (χ0) is 16.4. The van der Waals surface area contributed by atoms with Crippen molar-refractivity contribution in [1.29, 1.82) is 0 Å². The first-order valence-electron chi connectivity index (χ1n) is 7.53. The quantitative estimate of drug-likeness (QED) is 0.750. The van der Waals surface area contributed by atoms with Crippen molar-refractivity contribution in [1.82, 2.24) is 4.98 Å². The van der Waals surface area contributed by atoms with Crippen molar-refractivity contribution in [3.8, 4) is 5.75 Å². The molecule has 0 amide bonds. The van der Waals surface area contributed by atoms with Gasteiger partial charge in [0, 0.05) is 24.8 Å². The van der Waals surface area contributed by atoms with E-state index in [-0.39, 0.29) is 11.4 Å². The van der Waals surface area contributed by atoms with Crippen LogP contribution in [0.5, 0.6) is 5.75 Å². The predicted octanol–water partition coefficient (Wildman–Crippen LogP) is 3.61. The van der Waals surface area contributed by atoms with Crippen LogP contribution in [0.15, 0.2) is 34.5 Å². The molecule has 3 N–H and O–H groups in total. The molecule has 23 heavy (non-hydrogen) atoms. The second-order valence-electron chi connectivity index (χ2n) is 5.42. The number of aryl methyl sites for hydroxylation is 1. The number of benzene rings is 1. The number of aromatic hydroxyl groups is 1. The fraction of sp³-hybridized carbons (Fsp3) is 0.312. The number of anilines is 1. The fourth-order valence-corrected chi connectivity index (χ4v) is 2.77. The Morgan fingerprint density at radius 3 is 2.87 bits per heavy atom. The molecule has 120 valence electrons. The predicted molar refractivity (Wildman–Crippen MR) is 86.2 cm³/mol. The Kier molecular flexibility index (Phi) is 4.01. The molecule has 0 unspecified atom stereocenters. The summed E-state index contributed by atoms with van der Waals surface area (Å²) in [5, 5.41) is 27.0. The van der Waals surface area contributed by atoms with Crippen molar-refractivity contribution < 1.29 is 15.0 Å². The Balaban J connectivity index is 1.88. The maximum Gasteiger partial charge on any atom is 0.352 e. The summed E-state index contributed by atoms with van der Waals surface area (Å²) in [4.78, 5) is 15.7. The third kappa shape index (κ3) is 3.03. The highest BCUT2D eigenvalue weighted by Crippen LogP contribution is 2.38. The Bertz CT molecular complexity index is 767. The van der Waals surface area contributed by atoms with Gasteiger partial charge in [0.05, 0.1) is 0 Å². The Morgan fingerprint density at radius 1 is 1.35 bits per heavy atom. The van der Waals surface area contributed by atoms with Gasteiger partial charge < -0.3 is 20.1 Å². The molecule has 1 aromatic heterocycles. The van der Waals surface area contributed by atoms with Gasteiger partial charge in [-0.3, -0.25) is 0 Å². The van der Waals surface area contributed by atoms with Crippen molar-refractivity contribution >= 4 is 23.2 Å². The summed E-state index contributed by atoms with van der Waals surface area (Å²) in [6.07, 6.45) is 2.01. The molecule has 0 aliphatic carbocycles. The number of phenols is 1. The molecule has 0 saturated carbocycles. The van der Waals surface area contributed by atoms with Crippen LogP contribution in [0.25, 0.3) is 0 Å². The lowest BCUT2D eigenvalue weighted by molar-refractivity contribution is 0.0691. The van der Waals surface area contributed by atoms with E-state index in [4.69, 9.17) is 5.11 Å². The highest BCUT2D eigenvalue weighted by atomic mass is 16.4. The van der Waals surface area contributed by atoms with Gasteiger partial charge in [-0.1, -0.05) is 0 Å². The van der Waals surface area contributed by atoms with E-state index >= 15 is 0 Å². The number of azo groups is 1. The summed E-state index contributed by atoms with van der Waals surface area (Å²) in [6, 6.07) is 6.52. The van der Waals surface area contributed by atoms with E-state index in [1.54, 1.807) is 6.07 Å². The van der Waals surface area contributed by atoms with Gasteiger partial charge in [0.25, 0.3) is 0 Å². The van der Waals surface area contributed by atoms with Crippen LogP contribution in [-0.2, 0) is 6.42 Å². The summed E-state index contributed by atoms with van der Waals surface area (Å²) in [5.74, 6) is -0.657. The smallest absolute Gasteiger partial charge is 0.352 e. The normalized spacial score (nSPS) is 14.2. The monoisotopic (exact) mass is 314 g/mol. The molecular weight excluding hydrogens is 296 g/mol. The summed E-state index contributed by atoms with van der Waals surface area (Å²) >= 11 is 0. The Morgan fingerprint density at radius 2 is 2.17 bits per heavy atom. The minimum atomic E-state index is -1.05. The van der Waals surface area contributed by atoms with Crippen molar-refractivity contribution in [3.63, 3.8) is 0 Å². The number of hydrogen-bond acceptors (Lipinski definition) is 5. The zero-order valence-corrected chi connectivity index (χ0v) is 12.8. The number of nitrogens with zero attached hydrogens (tertiary/aromatic N) is 3. The largest absolute Gasteiger partial charge is 0.506 e. The molecule has 7 nitrogen and oxygen atoms in total. The first kappa shape index (κ1) is 15.1. The van der Waals surface area contributed by atoms with Crippen molar-refractivity contribution in [2.75, 3.05) is 18.0 Å². The van der Waals surface area contributed by atoms with Gasteiger partial charge in [0.15, 0.2) is 5.82 Å². The molecule has 1 aliphatic heterocycles. The van der Waals surface area contributed by atoms with E-state index in [1.807, 2.05) is 6.07 Å². The first-order chi connectivity index (χ1) is 11.1. The van der Waals surface area contributed by atoms with E-state index < -0.39 is 5.97 Å². The van der Waals surface area contributed by atoms with Gasteiger partial charge in [-0.05, 0) is 43.5 Å². The van der Waals surface area contributed by atoms with Gasteiger partial charge in [-0.15, -0.1) is 10.2 Å². The molecule has 3 rings (SSSR count). The third-order valence-electron chi connectivity index (χ3n) is 3.94. The first-order valence-corrected chi connectivity index (χ1v) is 7.53. The minimum absolute atomic E-state index is 0.0483. The number of aromatic carboxylic acids is 1. The van der Waals surface area contributed by atoms with E-state index in [9.17, 15) is 9.90 Å². The van der Waals surface area contributed by atoms with Crippen LogP contribution in [0, 0.1) is 0 Å². The summed E-state index contributed by atoms with van der Waals surface area (Å²) in [5.41, 5.74) is 2.62. The number of aromatic amines is 1. The average molecular weight is 314 g/mol. The van der Waals surface area contributed by atoms with Crippen LogP contribution in [0.2, 0.25) is 0 Å². The number of carbonyl (C=O) groups is 1. The van der Waals surface area contributed by atoms with E-state index in [0.717, 1.165) is 37.2 Å². The topological polar surface area (TPSA) is 101 Å². The van der Waals surface area contributed by atoms with Crippen LogP contribution in [-0.4, -0.2) is 34.3 Å². The lowest BCUT2D eigenvalue weighted by atomic mass is 10.0. The second kappa shape index (κ2) is 6.12. The van der Waals surface area contributed by atoms with Crippen LogP contribution < -0.4 is 4.90 Å². The number of rotatable bonds is 4. The zero-order valence-electron chi connectivity index (χ0n) is 12.8. The molecule has 0 fully saturated rings. The number of hydrogen-bond donors (Lipinski definition) is 3. The van der Waals surface area contributed by atoms with Crippen LogP contribution in [0.3, 0.4) is 0 Å². The number of phenolic OH excluding ortho intramolecular Hbond substituents is 1. The summed E-state index contributed by atoms with van der Waals surface area (Å²) in [7, 11) is 0. The summed E-state index contributed by atoms with van der Waals surface area (Å²) < 4.78 is 0. The third-order valence-corrected chi connectivity index (χ3v) is 3.94. The number of nitrogens with one attached hydrogen (secondary N) is 1. The highest BCUT2D eigenvalue weighted by Gasteiger charge is 2.18. The second-order valence-corrected chi connectivity index (χ2v) is 5.42. The number of carboxylic acid groups (broad SMARTS) is 1. The maximum absolute atomic E-state index is 10.8. The molecule has 1 aromatic carbocycles. The Labute approximate surface area is 133 Å². The van der Waals surface area contributed by atoms with Gasteiger partial charge in [-0.25, -0.2) is 4.79 Å².